The maximum atomic E-state index is 12.5. The summed E-state index contributed by atoms with van der Waals surface area (Å²) in [4.78, 5) is 31.2. The third kappa shape index (κ3) is 4.69. The maximum Gasteiger partial charge on any atom is 0.272 e. The summed E-state index contributed by atoms with van der Waals surface area (Å²) in [5.41, 5.74) is 1.20. The first-order valence-electron chi connectivity index (χ1n) is 9.56. The molecular weight excluding hydrogens is 390 g/mol. The minimum absolute atomic E-state index is 0.0602. The number of nitrogens with one attached hydrogen (secondary N) is 2. The van der Waals surface area contributed by atoms with Gasteiger partial charge < -0.3 is 10.1 Å². The zero-order valence-electron chi connectivity index (χ0n) is 16.3. The maximum absolute atomic E-state index is 12.5. The molecule has 1 saturated heterocycles. The van der Waals surface area contributed by atoms with Gasteiger partial charge in [-0.2, -0.15) is 5.10 Å². The molecule has 2 N–H and O–H groups in total. The number of hydrogen-bond acceptors (Lipinski definition) is 7. The minimum atomic E-state index is -0.263. The van der Waals surface area contributed by atoms with E-state index in [1.807, 2.05) is 11.4 Å². The number of carbonyl (C=O) groups is 1. The van der Waals surface area contributed by atoms with Crippen LogP contribution in [-0.2, 0) is 22.5 Å². The Kier molecular flexibility index (Phi) is 5.70. The van der Waals surface area contributed by atoms with Crippen molar-refractivity contribution in [2.24, 2.45) is 0 Å². The first-order valence-corrected chi connectivity index (χ1v) is 10.4. The van der Waals surface area contributed by atoms with Crippen LogP contribution in [0.3, 0.4) is 0 Å². The molecule has 1 aliphatic heterocycles. The van der Waals surface area contributed by atoms with Gasteiger partial charge in [0.25, 0.3) is 5.56 Å². The summed E-state index contributed by atoms with van der Waals surface area (Å²) in [5.74, 6) is -0.218. The van der Waals surface area contributed by atoms with Crippen molar-refractivity contribution in [3.63, 3.8) is 0 Å². The second kappa shape index (κ2) is 8.40. The molecule has 1 amide bonds. The number of hydrogen-bond donors (Lipinski definition) is 2. The molecule has 4 rings (SSSR count). The Hall–Kier alpha value is -2.62. The number of thiazole rings is 1. The number of anilines is 1. The van der Waals surface area contributed by atoms with E-state index in [1.54, 1.807) is 18.2 Å². The molecule has 2 atom stereocenters. The number of carbonyl (C=O) groups excluding carboxylic acids is 1. The number of amides is 1. The number of fused-ring (bicyclic) bond motifs is 1. The number of rotatable bonds is 5. The fourth-order valence-corrected chi connectivity index (χ4v) is 4.42. The molecule has 2 aromatic heterocycles. The molecular formula is C20H23N5O3S. The van der Waals surface area contributed by atoms with E-state index in [2.05, 4.69) is 39.2 Å². The predicted molar refractivity (Wildman–Crippen MR) is 112 cm³/mol. The zero-order chi connectivity index (χ0) is 20.4. The van der Waals surface area contributed by atoms with Crippen LogP contribution in [0.4, 0.5) is 5.13 Å². The average molecular weight is 414 g/mol. The standard InChI is InChI=1S/C20H23N5O3S/c1-12-8-25(9-13(2)28-12)10-14-11-29-20(21-14)22-18(26)7-17-15-5-3-4-6-16(15)19(27)24-23-17/h3-6,11-13H,7-10H2,1-2H3,(H,24,27)(H,21,22,26)/t12-,13-/m0/s1. The molecule has 8 nitrogen and oxygen atoms in total. The Morgan fingerprint density at radius 3 is 2.76 bits per heavy atom. The molecule has 1 aliphatic rings. The van der Waals surface area contributed by atoms with Gasteiger partial charge in [-0.3, -0.25) is 14.5 Å². The number of ether oxygens (including phenoxy) is 1. The van der Waals surface area contributed by atoms with Crippen LogP contribution in [0.2, 0.25) is 0 Å². The SMILES string of the molecule is C[C@H]1CN(Cc2csc(NC(=O)Cc3n[nH]c(=O)c4ccccc34)n2)C[C@H](C)O1. The number of aromatic amines is 1. The highest BCUT2D eigenvalue weighted by atomic mass is 32.1. The van der Waals surface area contributed by atoms with Gasteiger partial charge in [-0.1, -0.05) is 18.2 Å². The van der Waals surface area contributed by atoms with Crippen LogP contribution >= 0.6 is 11.3 Å². The lowest BCUT2D eigenvalue weighted by atomic mass is 10.1. The topological polar surface area (TPSA) is 100 Å². The normalized spacial score (nSPS) is 20.1. The quantitative estimate of drug-likeness (QED) is 0.665. The van der Waals surface area contributed by atoms with E-state index in [0.717, 1.165) is 25.3 Å². The van der Waals surface area contributed by atoms with Crippen molar-refractivity contribution >= 4 is 33.1 Å². The van der Waals surface area contributed by atoms with Crippen LogP contribution in [0.15, 0.2) is 34.4 Å². The lowest BCUT2D eigenvalue weighted by Crippen LogP contribution is -2.44. The van der Waals surface area contributed by atoms with Crippen molar-refractivity contribution in [3.05, 3.63) is 51.4 Å². The smallest absolute Gasteiger partial charge is 0.272 e. The van der Waals surface area contributed by atoms with Crippen molar-refractivity contribution in [3.8, 4) is 0 Å². The Bertz CT molecular complexity index is 1070. The fraction of sp³-hybridized carbons (Fsp3) is 0.400. The lowest BCUT2D eigenvalue weighted by molar-refractivity contribution is -0.115. The Balaban J connectivity index is 1.40. The van der Waals surface area contributed by atoms with E-state index < -0.39 is 0 Å². The molecule has 0 spiro atoms. The summed E-state index contributed by atoms with van der Waals surface area (Å²) >= 11 is 1.41. The van der Waals surface area contributed by atoms with Crippen molar-refractivity contribution in [1.82, 2.24) is 20.1 Å². The molecule has 3 heterocycles. The van der Waals surface area contributed by atoms with E-state index in [1.165, 1.54) is 11.3 Å². The Labute approximate surface area is 171 Å². The van der Waals surface area contributed by atoms with Gasteiger partial charge in [0.05, 0.1) is 35.4 Å². The van der Waals surface area contributed by atoms with Crippen LogP contribution in [-0.4, -0.2) is 51.3 Å². The number of benzene rings is 1. The first-order chi connectivity index (χ1) is 14.0. The fourth-order valence-electron chi connectivity index (χ4n) is 3.70. The molecule has 0 unspecified atom stereocenters. The average Bonchev–Trinajstić information content (AvgIpc) is 3.10. The van der Waals surface area contributed by atoms with Gasteiger partial charge in [0, 0.05) is 30.4 Å². The van der Waals surface area contributed by atoms with E-state index in [0.29, 0.717) is 21.6 Å². The third-order valence-electron chi connectivity index (χ3n) is 4.78. The summed E-state index contributed by atoms with van der Waals surface area (Å²) in [7, 11) is 0. The summed E-state index contributed by atoms with van der Waals surface area (Å²) in [6.45, 7) is 6.62. The van der Waals surface area contributed by atoms with Gasteiger partial charge in [-0.15, -0.1) is 11.3 Å². The number of nitrogens with zero attached hydrogens (tertiary/aromatic N) is 3. The van der Waals surface area contributed by atoms with Crippen molar-refractivity contribution in [1.29, 1.82) is 0 Å². The third-order valence-corrected chi connectivity index (χ3v) is 5.59. The van der Waals surface area contributed by atoms with Crippen LogP contribution in [0.25, 0.3) is 10.8 Å². The zero-order valence-corrected chi connectivity index (χ0v) is 17.2. The van der Waals surface area contributed by atoms with Crippen LogP contribution in [0, 0.1) is 0 Å². The van der Waals surface area contributed by atoms with Crippen LogP contribution < -0.4 is 10.9 Å². The number of aromatic nitrogens is 3. The molecule has 1 aromatic carbocycles. The summed E-state index contributed by atoms with van der Waals surface area (Å²) in [6.07, 6.45) is 0.470. The Morgan fingerprint density at radius 1 is 1.28 bits per heavy atom. The molecule has 0 bridgehead atoms. The predicted octanol–water partition coefficient (Wildman–Crippen LogP) is 2.17. The lowest BCUT2D eigenvalue weighted by Gasteiger charge is -2.34. The first kappa shape index (κ1) is 19.7. The number of morpholine rings is 1. The summed E-state index contributed by atoms with van der Waals surface area (Å²) in [5, 5.41) is 13.1. The van der Waals surface area contributed by atoms with E-state index in [9.17, 15) is 9.59 Å². The van der Waals surface area contributed by atoms with Crippen molar-refractivity contribution < 1.29 is 9.53 Å². The highest BCUT2D eigenvalue weighted by Crippen LogP contribution is 2.20. The van der Waals surface area contributed by atoms with Crippen LogP contribution in [0.1, 0.15) is 25.2 Å². The molecule has 1 fully saturated rings. The Morgan fingerprint density at radius 2 is 2.00 bits per heavy atom. The molecule has 0 radical (unpaired) electrons. The molecule has 0 saturated carbocycles. The van der Waals surface area contributed by atoms with Gasteiger partial charge in [-0.25, -0.2) is 10.1 Å². The van der Waals surface area contributed by atoms with Crippen molar-refractivity contribution in [2.45, 2.75) is 39.0 Å². The summed E-state index contributed by atoms with van der Waals surface area (Å²) in [6, 6.07) is 7.13. The van der Waals surface area contributed by atoms with Gasteiger partial charge in [0.2, 0.25) is 5.91 Å². The van der Waals surface area contributed by atoms with E-state index in [-0.39, 0.29) is 30.1 Å². The molecule has 3 aromatic rings. The second-order valence-corrected chi connectivity index (χ2v) is 8.22. The van der Waals surface area contributed by atoms with Gasteiger partial charge >= 0.3 is 0 Å². The highest BCUT2D eigenvalue weighted by Gasteiger charge is 2.23. The summed E-state index contributed by atoms with van der Waals surface area (Å²) < 4.78 is 5.76. The minimum Gasteiger partial charge on any atom is -0.373 e. The van der Waals surface area contributed by atoms with Crippen LogP contribution in [0.5, 0.6) is 0 Å². The van der Waals surface area contributed by atoms with E-state index >= 15 is 0 Å². The molecule has 152 valence electrons. The molecule has 29 heavy (non-hydrogen) atoms. The molecule has 0 aliphatic carbocycles. The highest BCUT2D eigenvalue weighted by molar-refractivity contribution is 7.13. The largest absolute Gasteiger partial charge is 0.373 e. The monoisotopic (exact) mass is 413 g/mol. The van der Waals surface area contributed by atoms with Gasteiger partial charge in [0.15, 0.2) is 5.13 Å². The number of H-pyrrole nitrogens is 1. The van der Waals surface area contributed by atoms with Gasteiger partial charge in [0.1, 0.15) is 0 Å². The second-order valence-electron chi connectivity index (χ2n) is 7.37. The van der Waals surface area contributed by atoms with Crippen molar-refractivity contribution in [2.75, 3.05) is 18.4 Å². The van der Waals surface area contributed by atoms with E-state index in [4.69, 9.17) is 4.74 Å². The molecule has 9 heteroatoms. The van der Waals surface area contributed by atoms with Gasteiger partial charge in [-0.05, 0) is 19.9 Å².